The molecule has 0 amide bonds. The molecule has 0 unspecified atom stereocenters. The van der Waals surface area contributed by atoms with Crippen LogP contribution >= 0.6 is 23.2 Å². The molecule has 0 aliphatic rings. The minimum absolute atomic E-state index is 0.0902. The van der Waals surface area contributed by atoms with E-state index in [1.165, 1.54) is 6.26 Å². The van der Waals surface area contributed by atoms with Crippen LogP contribution in [0, 0.1) is 6.92 Å². The van der Waals surface area contributed by atoms with Gasteiger partial charge in [-0.1, -0.05) is 35.3 Å². The lowest BCUT2D eigenvalue weighted by atomic mass is 10.1. The van der Waals surface area contributed by atoms with Gasteiger partial charge in [0, 0.05) is 0 Å². The van der Waals surface area contributed by atoms with E-state index in [9.17, 15) is 4.79 Å². The third-order valence-electron chi connectivity index (χ3n) is 4.12. The molecule has 27 heavy (non-hydrogen) atoms. The molecule has 136 valence electrons. The van der Waals surface area contributed by atoms with Crippen molar-refractivity contribution >= 4 is 34.2 Å². The first-order valence-electron chi connectivity index (χ1n) is 8.21. The molecule has 0 aliphatic carbocycles. The number of hydrogen-bond donors (Lipinski definition) is 0. The fraction of sp³-hybridized carbons (Fsp3) is 0.0952. The maximum atomic E-state index is 13.0. The van der Waals surface area contributed by atoms with Crippen LogP contribution in [0.4, 0.5) is 0 Å². The van der Waals surface area contributed by atoms with Gasteiger partial charge in [0.15, 0.2) is 5.76 Å². The highest BCUT2D eigenvalue weighted by atomic mass is 35.5. The standard InChI is InChI=1S/C21H14Cl2O4/c1-12-4-6-14-18(9-12)27-20(17-3-2-8-25-17)21(19(14)24)26-11-13-5-7-15(22)16(23)10-13/h2-10H,11H2,1H3. The van der Waals surface area contributed by atoms with E-state index in [0.29, 0.717) is 26.8 Å². The summed E-state index contributed by atoms with van der Waals surface area (Å²) in [5, 5.41) is 1.32. The average molecular weight is 401 g/mol. The van der Waals surface area contributed by atoms with E-state index in [4.69, 9.17) is 36.8 Å². The Hall–Kier alpha value is -2.69. The van der Waals surface area contributed by atoms with Crippen LogP contribution in [0.5, 0.6) is 5.75 Å². The second-order valence-electron chi connectivity index (χ2n) is 6.10. The van der Waals surface area contributed by atoms with Gasteiger partial charge in [0.2, 0.25) is 16.9 Å². The van der Waals surface area contributed by atoms with Crippen LogP contribution < -0.4 is 10.2 Å². The second kappa shape index (κ2) is 7.14. The van der Waals surface area contributed by atoms with Gasteiger partial charge in [-0.05, 0) is 54.4 Å². The smallest absolute Gasteiger partial charge is 0.235 e. The number of halogens is 2. The van der Waals surface area contributed by atoms with E-state index in [-0.39, 0.29) is 23.5 Å². The van der Waals surface area contributed by atoms with E-state index in [1.54, 1.807) is 36.4 Å². The zero-order chi connectivity index (χ0) is 19.0. The quantitative estimate of drug-likeness (QED) is 0.406. The molecule has 4 rings (SSSR count). The topological polar surface area (TPSA) is 52.6 Å². The highest BCUT2D eigenvalue weighted by Crippen LogP contribution is 2.32. The zero-order valence-corrected chi connectivity index (χ0v) is 15.8. The molecule has 4 nitrogen and oxygen atoms in total. The van der Waals surface area contributed by atoms with E-state index < -0.39 is 0 Å². The van der Waals surface area contributed by atoms with Crippen LogP contribution in [0.15, 0.2) is 68.4 Å². The summed E-state index contributed by atoms with van der Waals surface area (Å²) < 4.78 is 17.2. The number of hydrogen-bond acceptors (Lipinski definition) is 4. The Labute approximate surface area is 164 Å². The van der Waals surface area contributed by atoms with Gasteiger partial charge in [0.1, 0.15) is 12.2 Å². The summed E-state index contributed by atoms with van der Waals surface area (Å²) in [5.41, 5.74) is 1.98. The van der Waals surface area contributed by atoms with Gasteiger partial charge in [-0.15, -0.1) is 0 Å². The minimum Gasteiger partial charge on any atom is -0.481 e. The predicted molar refractivity (Wildman–Crippen MR) is 106 cm³/mol. The summed E-state index contributed by atoms with van der Waals surface area (Å²) >= 11 is 12.0. The lowest BCUT2D eigenvalue weighted by Crippen LogP contribution is -2.10. The normalized spacial score (nSPS) is 11.1. The number of ether oxygens (including phenoxy) is 1. The largest absolute Gasteiger partial charge is 0.481 e. The lowest BCUT2D eigenvalue weighted by Gasteiger charge is -2.11. The first-order valence-corrected chi connectivity index (χ1v) is 8.96. The van der Waals surface area contributed by atoms with Crippen LogP contribution in [0.25, 0.3) is 22.5 Å². The first kappa shape index (κ1) is 17.7. The molecule has 0 aliphatic heterocycles. The Morgan fingerprint density at radius 2 is 1.89 bits per heavy atom. The first-order chi connectivity index (χ1) is 13.0. The van der Waals surface area contributed by atoms with Crippen LogP contribution in [-0.2, 0) is 6.61 Å². The summed E-state index contributed by atoms with van der Waals surface area (Å²) in [6.45, 7) is 2.06. The molecule has 0 radical (unpaired) electrons. The van der Waals surface area contributed by atoms with Gasteiger partial charge in [0.05, 0.1) is 21.7 Å². The van der Waals surface area contributed by atoms with Crippen molar-refractivity contribution < 1.29 is 13.6 Å². The summed E-state index contributed by atoms with van der Waals surface area (Å²) in [5.74, 6) is 0.759. The molecule has 0 saturated carbocycles. The van der Waals surface area contributed by atoms with Gasteiger partial charge in [-0.3, -0.25) is 4.79 Å². The van der Waals surface area contributed by atoms with Crippen LogP contribution in [0.1, 0.15) is 11.1 Å². The monoisotopic (exact) mass is 400 g/mol. The Morgan fingerprint density at radius 1 is 1.04 bits per heavy atom. The van der Waals surface area contributed by atoms with E-state index in [1.807, 2.05) is 19.1 Å². The lowest BCUT2D eigenvalue weighted by molar-refractivity contribution is 0.296. The molecule has 0 fully saturated rings. The molecule has 0 atom stereocenters. The molecular formula is C21H14Cl2O4. The molecule has 0 spiro atoms. The maximum absolute atomic E-state index is 13.0. The van der Waals surface area contributed by atoms with Gasteiger partial charge >= 0.3 is 0 Å². The Balaban J connectivity index is 1.81. The van der Waals surface area contributed by atoms with Gasteiger partial charge in [0.25, 0.3) is 0 Å². The van der Waals surface area contributed by atoms with Crippen molar-refractivity contribution in [3.05, 3.63) is 86.2 Å². The number of furan rings is 1. The van der Waals surface area contributed by atoms with E-state index in [0.717, 1.165) is 11.1 Å². The summed E-state index contributed by atoms with van der Waals surface area (Å²) in [6.07, 6.45) is 1.51. The molecule has 2 aromatic carbocycles. The molecule has 2 heterocycles. The van der Waals surface area contributed by atoms with Gasteiger partial charge < -0.3 is 13.6 Å². The van der Waals surface area contributed by atoms with Crippen LogP contribution in [0.3, 0.4) is 0 Å². The van der Waals surface area contributed by atoms with Crippen molar-refractivity contribution in [3.8, 4) is 17.3 Å². The van der Waals surface area contributed by atoms with Crippen LogP contribution in [-0.4, -0.2) is 0 Å². The van der Waals surface area contributed by atoms with Gasteiger partial charge in [-0.2, -0.15) is 0 Å². The van der Waals surface area contributed by atoms with E-state index >= 15 is 0 Å². The molecule has 4 aromatic rings. The SMILES string of the molecule is Cc1ccc2c(=O)c(OCc3ccc(Cl)c(Cl)c3)c(-c3ccco3)oc2c1. The third kappa shape index (κ3) is 3.46. The third-order valence-corrected chi connectivity index (χ3v) is 4.86. The summed E-state index contributed by atoms with van der Waals surface area (Å²) in [7, 11) is 0. The number of benzene rings is 2. The van der Waals surface area contributed by atoms with Gasteiger partial charge in [-0.25, -0.2) is 0 Å². The molecule has 0 bridgehead atoms. The average Bonchev–Trinajstić information content (AvgIpc) is 3.18. The summed E-state index contributed by atoms with van der Waals surface area (Å²) in [6, 6.07) is 14.0. The number of rotatable bonds is 4. The maximum Gasteiger partial charge on any atom is 0.235 e. The van der Waals surface area contributed by atoms with E-state index in [2.05, 4.69) is 0 Å². The summed E-state index contributed by atoms with van der Waals surface area (Å²) in [4.78, 5) is 13.0. The van der Waals surface area contributed by atoms with Crippen molar-refractivity contribution in [3.63, 3.8) is 0 Å². The molecule has 2 aromatic heterocycles. The zero-order valence-electron chi connectivity index (χ0n) is 14.3. The fourth-order valence-electron chi connectivity index (χ4n) is 2.77. The second-order valence-corrected chi connectivity index (χ2v) is 6.92. The Kier molecular flexibility index (Phi) is 4.68. The number of fused-ring (bicyclic) bond motifs is 1. The fourth-order valence-corrected chi connectivity index (χ4v) is 3.09. The predicted octanol–water partition coefficient (Wildman–Crippen LogP) is 6.25. The minimum atomic E-state index is -0.261. The van der Waals surface area contributed by atoms with Crippen molar-refractivity contribution in [1.82, 2.24) is 0 Å². The Bertz CT molecular complexity index is 1180. The number of aryl methyl sites for hydroxylation is 1. The molecule has 0 saturated heterocycles. The van der Waals surface area contributed by atoms with Crippen molar-refractivity contribution in [2.24, 2.45) is 0 Å². The molecule has 6 heteroatoms. The molecular weight excluding hydrogens is 387 g/mol. The Morgan fingerprint density at radius 3 is 2.63 bits per heavy atom. The van der Waals surface area contributed by atoms with Crippen LogP contribution in [0.2, 0.25) is 10.0 Å². The molecule has 0 N–H and O–H groups in total. The highest BCUT2D eigenvalue weighted by Gasteiger charge is 2.20. The van der Waals surface area contributed by atoms with Crippen molar-refractivity contribution in [2.45, 2.75) is 13.5 Å². The van der Waals surface area contributed by atoms with Crippen molar-refractivity contribution in [1.29, 1.82) is 0 Å². The van der Waals surface area contributed by atoms with Crippen molar-refractivity contribution in [2.75, 3.05) is 0 Å². The highest BCUT2D eigenvalue weighted by molar-refractivity contribution is 6.42.